The highest BCUT2D eigenvalue weighted by molar-refractivity contribution is 7.53. The van der Waals surface area contributed by atoms with Gasteiger partial charge in [-0.1, -0.05) is 6.07 Å². The van der Waals surface area contributed by atoms with Crippen molar-refractivity contribution >= 4 is 19.0 Å². The summed E-state index contributed by atoms with van der Waals surface area (Å²) in [5, 5.41) is 21.6. The molecule has 0 radical (unpaired) electrons. The van der Waals surface area contributed by atoms with Crippen LogP contribution in [0.3, 0.4) is 0 Å². The molecule has 0 saturated heterocycles. The molecule has 1 aromatic rings. The maximum absolute atomic E-state index is 12.3. The molecule has 1 rings (SSSR count). The van der Waals surface area contributed by atoms with Gasteiger partial charge < -0.3 is 9.05 Å². The fourth-order valence-electron chi connectivity index (χ4n) is 1.71. The Morgan fingerprint density at radius 3 is 2.00 bits per heavy atom. The van der Waals surface area contributed by atoms with Crippen LogP contribution in [0.5, 0.6) is 0 Å². The zero-order chi connectivity index (χ0) is 16.0. The summed E-state index contributed by atoms with van der Waals surface area (Å²) in [5.74, 6) is 0. The quantitative estimate of drug-likeness (QED) is 0.409. The summed E-state index contributed by atoms with van der Waals surface area (Å²) in [6.07, 6.45) is -0.187. The second-order valence-electron chi connectivity index (χ2n) is 3.94. The van der Waals surface area contributed by atoms with Crippen LogP contribution in [-0.4, -0.2) is 23.1 Å². The van der Waals surface area contributed by atoms with Gasteiger partial charge in [-0.25, -0.2) is 0 Å². The molecule has 0 aliphatic carbocycles. The monoisotopic (exact) mass is 318 g/mol. The van der Waals surface area contributed by atoms with E-state index < -0.39 is 28.8 Å². The van der Waals surface area contributed by atoms with Crippen molar-refractivity contribution in [3.05, 3.63) is 44.0 Å². The second kappa shape index (κ2) is 7.26. The molecule has 116 valence electrons. The third kappa shape index (κ3) is 4.59. The lowest BCUT2D eigenvalue weighted by Gasteiger charge is -2.16. The third-order valence-electron chi connectivity index (χ3n) is 2.46. The van der Waals surface area contributed by atoms with Crippen molar-refractivity contribution in [2.24, 2.45) is 0 Å². The van der Waals surface area contributed by atoms with Crippen molar-refractivity contribution < 1.29 is 23.5 Å². The van der Waals surface area contributed by atoms with E-state index in [1.807, 2.05) is 0 Å². The topological polar surface area (TPSA) is 122 Å². The van der Waals surface area contributed by atoms with Gasteiger partial charge in [0.05, 0.1) is 29.2 Å². The lowest BCUT2D eigenvalue weighted by Crippen LogP contribution is -2.01. The Balaban J connectivity index is 3.14. The maximum Gasteiger partial charge on any atom is 0.346 e. The SMILES string of the molecule is CCOP(=O)(Cc1ccc([N+](=O)[O-])c([N+](=O)[O-])c1)OCC. The number of hydrogen-bond acceptors (Lipinski definition) is 7. The smallest absolute Gasteiger partial charge is 0.309 e. The van der Waals surface area contributed by atoms with Crippen LogP contribution in [0.4, 0.5) is 11.4 Å². The van der Waals surface area contributed by atoms with Gasteiger partial charge in [-0.15, -0.1) is 0 Å². The Morgan fingerprint density at radius 1 is 1.05 bits per heavy atom. The number of benzene rings is 1. The summed E-state index contributed by atoms with van der Waals surface area (Å²) >= 11 is 0. The fourth-order valence-corrected chi connectivity index (χ4v) is 3.40. The molecule has 0 unspecified atom stereocenters. The van der Waals surface area contributed by atoms with E-state index in [9.17, 15) is 24.8 Å². The zero-order valence-electron chi connectivity index (χ0n) is 11.6. The molecule has 0 amide bonds. The highest BCUT2D eigenvalue weighted by atomic mass is 31.2. The molecular weight excluding hydrogens is 303 g/mol. The van der Waals surface area contributed by atoms with Crippen molar-refractivity contribution in [3.8, 4) is 0 Å². The maximum atomic E-state index is 12.3. The van der Waals surface area contributed by atoms with Gasteiger partial charge in [0.2, 0.25) is 0 Å². The van der Waals surface area contributed by atoms with Crippen LogP contribution in [0.15, 0.2) is 18.2 Å². The highest BCUT2D eigenvalue weighted by Crippen LogP contribution is 2.51. The summed E-state index contributed by atoms with van der Waals surface area (Å²) in [4.78, 5) is 19.9. The largest absolute Gasteiger partial charge is 0.346 e. The fraction of sp³-hybridized carbons (Fsp3) is 0.455. The van der Waals surface area contributed by atoms with Gasteiger partial charge in [-0.3, -0.25) is 24.8 Å². The van der Waals surface area contributed by atoms with Crippen molar-refractivity contribution in [1.29, 1.82) is 0 Å². The standard InChI is InChI=1S/C11H15N2O7P/c1-3-19-21(18,20-4-2)8-9-5-6-10(12(14)15)11(7-9)13(16)17/h5-7H,3-4,8H2,1-2H3. The van der Waals surface area contributed by atoms with E-state index in [-0.39, 0.29) is 24.9 Å². The van der Waals surface area contributed by atoms with E-state index in [1.54, 1.807) is 13.8 Å². The average Bonchev–Trinajstić information content (AvgIpc) is 2.38. The number of hydrogen-bond donors (Lipinski definition) is 0. The van der Waals surface area contributed by atoms with Crippen LogP contribution < -0.4 is 0 Å². The Bertz CT molecular complexity index is 580. The molecule has 0 aliphatic rings. The van der Waals surface area contributed by atoms with Gasteiger partial charge in [-0.05, 0) is 19.4 Å². The predicted octanol–water partition coefficient (Wildman–Crippen LogP) is 3.27. The molecule has 0 spiro atoms. The molecule has 1 aromatic carbocycles. The Morgan fingerprint density at radius 2 is 1.57 bits per heavy atom. The lowest BCUT2D eigenvalue weighted by molar-refractivity contribution is -0.422. The number of nitro groups is 2. The normalized spacial score (nSPS) is 11.3. The zero-order valence-corrected chi connectivity index (χ0v) is 12.4. The minimum atomic E-state index is -3.42. The molecule has 0 fully saturated rings. The van der Waals surface area contributed by atoms with E-state index in [1.165, 1.54) is 6.07 Å². The van der Waals surface area contributed by atoms with Crippen molar-refractivity contribution in [3.63, 3.8) is 0 Å². The van der Waals surface area contributed by atoms with Gasteiger partial charge in [0.25, 0.3) is 0 Å². The molecule has 0 atom stereocenters. The second-order valence-corrected chi connectivity index (χ2v) is 6.00. The summed E-state index contributed by atoms with van der Waals surface area (Å²) in [6, 6.07) is 3.33. The van der Waals surface area contributed by atoms with E-state index >= 15 is 0 Å². The van der Waals surface area contributed by atoms with Gasteiger partial charge in [0.1, 0.15) is 0 Å². The van der Waals surface area contributed by atoms with E-state index in [0.717, 1.165) is 12.1 Å². The predicted molar refractivity (Wildman–Crippen MR) is 74.3 cm³/mol. The lowest BCUT2D eigenvalue weighted by atomic mass is 10.2. The van der Waals surface area contributed by atoms with Gasteiger partial charge in [0.15, 0.2) is 0 Å². The number of nitrogens with zero attached hydrogens (tertiary/aromatic N) is 2. The number of nitro benzene ring substituents is 2. The van der Waals surface area contributed by atoms with Gasteiger partial charge >= 0.3 is 19.0 Å². The minimum absolute atomic E-state index is 0.159. The van der Waals surface area contributed by atoms with Crippen molar-refractivity contribution in [2.75, 3.05) is 13.2 Å². The Kier molecular flexibility index (Phi) is 5.95. The van der Waals surface area contributed by atoms with E-state index in [0.29, 0.717) is 0 Å². The van der Waals surface area contributed by atoms with Crippen LogP contribution in [0.2, 0.25) is 0 Å². The van der Waals surface area contributed by atoms with Gasteiger partial charge in [0, 0.05) is 12.1 Å². The minimum Gasteiger partial charge on any atom is -0.309 e. The first-order chi connectivity index (χ1) is 9.83. The van der Waals surface area contributed by atoms with Crippen molar-refractivity contribution in [1.82, 2.24) is 0 Å². The molecule has 9 nitrogen and oxygen atoms in total. The first-order valence-electron chi connectivity index (χ1n) is 6.12. The first kappa shape index (κ1) is 17.2. The molecule has 0 heterocycles. The molecule has 0 saturated carbocycles. The van der Waals surface area contributed by atoms with Crippen LogP contribution >= 0.6 is 7.60 Å². The average molecular weight is 318 g/mol. The highest BCUT2D eigenvalue weighted by Gasteiger charge is 2.28. The van der Waals surface area contributed by atoms with Crippen LogP contribution in [0.25, 0.3) is 0 Å². The van der Waals surface area contributed by atoms with Crippen LogP contribution in [0, 0.1) is 20.2 Å². The summed E-state index contributed by atoms with van der Waals surface area (Å²) in [5.41, 5.74) is -0.999. The molecule has 0 aliphatic heterocycles. The molecule has 0 bridgehead atoms. The molecule has 0 aromatic heterocycles. The Hall–Kier alpha value is -1.83. The molecular formula is C11H15N2O7P. The molecule has 21 heavy (non-hydrogen) atoms. The van der Waals surface area contributed by atoms with Crippen LogP contribution in [-0.2, 0) is 19.8 Å². The van der Waals surface area contributed by atoms with Crippen LogP contribution in [0.1, 0.15) is 19.4 Å². The van der Waals surface area contributed by atoms with Crippen molar-refractivity contribution in [2.45, 2.75) is 20.0 Å². The first-order valence-corrected chi connectivity index (χ1v) is 7.85. The summed E-state index contributed by atoms with van der Waals surface area (Å²) in [6.45, 7) is 3.60. The third-order valence-corrected chi connectivity index (χ3v) is 4.52. The number of rotatable bonds is 8. The molecule has 0 N–H and O–H groups in total. The summed E-state index contributed by atoms with van der Waals surface area (Å²) in [7, 11) is -3.42. The Labute approximate surface area is 120 Å². The summed E-state index contributed by atoms with van der Waals surface area (Å²) < 4.78 is 22.5. The van der Waals surface area contributed by atoms with E-state index in [4.69, 9.17) is 9.05 Å². The molecule has 10 heteroatoms. The van der Waals surface area contributed by atoms with E-state index in [2.05, 4.69) is 0 Å². The van der Waals surface area contributed by atoms with Gasteiger partial charge in [-0.2, -0.15) is 0 Å².